The van der Waals surface area contributed by atoms with Crippen molar-refractivity contribution in [1.82, 2.24) is 10.2 Å². The van der Waals surface area contributed by atoms with E-state index in [4.69, 9.17) is 5.11 Å². The molecule has 140 valence electrons. The van der Waals surface area contributed by atoms with Gasteiger partial charge in [0.05, 0.1) is 11.5 Å². The number of nitro benzene ring substituents is 1. The minimum absolute atomic E-state index is 0.00791. The largest absolute Gasteiger partial charge is 0.480 e. The maximum Gasteiger partial charge on any atom is 0.319 e. The first-order valence-corrected chi connectivity index (χ1v) is 8.68. The minimum Gasteiger partial charge on any atom is -0.480 e. The Morgan fingerprint density at radius 3 is 2.42 bits per heavy atom. The average molecular weight is 362 g/mol. The van der Waals surface area contributed by atoms with Gasteiger partial charge in [-0.05, 0) is 43.7 Å². The monoisotopic (exact) mass is 362 g/mol. The van der Waals surface area contributed by atoms with E-state index >= 15 is 0 Å². The van der Waals surface area contributed by atoms with Crippen molar-refractivity contribution in [2.45, 2.75) is 37.8 Å². The van der Waals surface area contributed by atoms with Crippen LogP contribution < -0.4 is 10.6 Å². The molecule has 2 aliphatic rings. The van der Waals surface area contributed by atoms with Crippen LogP contribution in [0, 0.1) is 16.0 Å². The van der Waals surface area contributed by atoms with Gasteiger partial charge in [0.15, 0.2) is 0 Å². The molecule has 0 saturated heterocycles. The number of carboxylic acids is 1. The molecular weight excluding hydrogens is 340 g/mol. The summed E-state index contributed by atoms with van der Waals surface area (Å²) in [7, 11) is 0. The Bertz CT molecular complexity index is 683. The molecule has 0 aromatic heterocycles. The van der Waals surface area contributed by atoms with Crippen LogP contribution in [0.5, 0.6) is 0 Å². The van der Waals surface area contributed by atoms with Crippen molar-refractivity contribution in [3.63, 3.8) is 0 Å². The lowest BCUT2D eigenvalue weighted by atomic mass is 9.85. The minimum atomic E-state index is -0.821. The standard InChI is InChI=1S/C17H22N4O5/c22-16(23)10-20(9-11-1-2-11)15-7-13(8-15)19-17(24)18-12-3-5-14(6-4-12)21(25)26/h3-6,11,13,15H,1-2,7-10H2,(H,22,23)(H2,18,19,24). The van der Waals surface area contributed by atoms with Crippen LogP contribution in [0.4, 0.5) is 16.2 Å². The number of nitrogens with zero attached hydrogens (tertiary/aromatic N) is 2. The van der Waals surface area contributed by atoms with Crippen LogP contribution >= 0.6 is 0 Å². The normalized spacial score (nSPS) is 21.7. The summed E-state index contributed by atoms with van der Waals surface area (Å²) in [6.07, 6.45) is 3.80. The molecule has 1 aromatic rings. The summed E-state index contributed by atoms with van der Waals surface area (Å²) in [5.41, 5.74) is 0.442. The number of hydrogen-bond acceptors (Lipinski definition) is 5. The molecular formula is C17H22N4O5. The van der Waals surface area contributed by atoms with Crippen LogP contribution in [-0.4, -0.2) is 52.1 Å². The van der Waals surface area contributed by atoms with Gasteiger partial charge in [0.2, 0.25) is 0 Å². The number of carbonyl (C=O) groups is 2. The highest BCUT2D eigenvalue weighted by Gasteiger charge is 2.37. The molecule has 3 rings (SSSR count). The fraction of sp³-hybridized carbons (Fsp3) is 0.529. The second-order valence-electron chi connectivity index (χ2n) is 6.99. The first kappa shape index (κ1) is 18.1. The summed E-state index contributed by atoms with van der Waals surface area (Å²) in [5, 5.41) is 25.2. The van der Waals surface area contributed by atoms with Gasteiger partial charge in [-0.15, -0.1) is 0 Å². The van der Waals surface area contributed by atoms with Crippen LogP contribution in [0.2, 0.25) is 0 Å². The lowest BCUT2D eigenvalue weighted by Crippen LogP contribution is -2.55. The number of non-ortho nitro benzene ring substituents is 1. The molecule has 0 aliphatic heterocycles. The number of urea groups is 1. The van der Waals surface area contributed by atoms with Crippen molar-refractivity contribution in [2.24, 2.45) is 5.92 Å². The van der Waals surface area contributed by atoms with Crippen LogP contribution in [0.3, 0.4) is 0 Å². The van der Waals surface area contributed by atoms with Crippen molar-refractivity contribution in [1.29, 1.82) is 0 Å². The number of amides is 2. The number of carboxylic acid groups (broad SMARTS) is 1. The van der Waals surface area contributed by atoms with E-state index in [1.165, 1.54) is 37.1 Å². The van der Waals surface area contributed by atoms with Crippen LogP contribution in [0.25, 0.3) is 0 Å². The molecule has 0 heterocycles. The number of rotatable bonds is 8. The topological polar surface area (TPSA) is 125 Å². The number of carbonyl (C=O) groups excluding carboxylic acids is 1. The quantitative estimate of drug-likeness (QED) is 0.480. The second kappa shape index (κ2) is 7.69. The Kier molecular flexibility index (Phi) is 5.36. The molecule has 0 bridgehead atoms. The van der Waals surface area contributed by atoms with Gasteiger partial charge in [0.25, 0.3) is 5.69 Å². The van der Waals surface area contributed by atoms with E-state index in [1.807, 2.05) is 4.90 Å². The first-order chi connectivity index (χ1) is 12.4. The summed E-state index contributed by atoms with van der Waals surface area (Å²) in [6, 6.07) is 5.45. The summed E-state index contributed by atoms with van der Waals surface area (Å²) < 4.78 is 0. The maximum absolute atomic E-state index is 12.0. The number of hydrogen-bond donors (Lipinski definition) is 3. The van der Waals surface area contributed by atoms with Crippen molar-refractivity contribution in [3.05, 3.63) is 34.4 Å². The maximum atomic E-state index is 12.0. The molecule has 2 aliphatic carbocycles. The molecule has 0 spiro atoms. The van der Waals surface area contributed by atoms with E-state index in [0.29, 0.717) is 11.6 Å². The predicted octanol–water partition coefficient (Wildman–Crippen LogP) is 2.04. The van der Waals surface area contributed by atoms with Gasteiger partial charge in [-0.25, -0.2) is 4.79 Å². The number of benzene rings is 1. The Morgan fingerprint density at radius 2 is 1.88 bits per heavy atom. The molecule has 0 atom stereocenters. The fourth-order valence-corrected chi connectivity index (χ4v) is 3.17. The average Bonchev–Trinajstić information content (AvgIpc) is 3.34. The van der Waals surface area contributed by atoms with Crippen molar-refractivity contribution < 1.29 is 19.6 Å². The molecule has 3 N–H and O–H groups in total. The zero-order valence-corrected chi connectivity index (χ0v) is 14.3. The van der Waals surface area contributed by atoms with E-state index in [2.05, 4.69) is 10.6 Å². The van der Waals surface area contributed by atoms with Crippen molar-refractivity contribution in [2.75, 3.05) is 18.4 Å². The van der Waals surface area contributed by atoms with E-state index in [-0.39, 0.29) is 30.3 Å². The SMILES string of the molecule is O=C(O)CN(CC1CC1)C1CC(NC(=O)Nc2ccc([N+](=O)[O-])cc2)C1. The van der Waals surface area contributed by atoms with Gasteiger partial charge in [-0.1, -0.05) is 0 Å². The van der Waals surface area contributed by atoms with Crippen LogP contribution in [-0.2, 0) is 4.79 Å². The second-order valence-corrected chi connectivity index (χ2v) is 6.99. The third-order valence-corrected chi connectivity index (χ3v) is 4.83. The van der Waals surface area contributed by atoms with Gasteiger partial charge in [0.1, 0.15) is 0 Å². The highest BCUT2D eigenvalue weighted by atomic mass is 16.6. The fourth-order valence-electron chi connectivity index (χ4n) is 3.17. The Balaban J connectivity index is 1.43. The van der Waals surface area contributed by atoms with Crippen molar-refractivity contribution in [3.8, 4) is 0 Å². The van der Waals surface area contributed by atoms with Crippen LogP contribution in [0.15, 0.2) is 24.3 Å². The lowest BCUT2D eigenvalue weighted by molar-refractivity contribution is -0.384. The molecule has 26 heavy (non-hydrogen) atoms. The van der Waals surface area contributed by atoms with Gasteiger partial charge < -0.3 is 15.7 Å². The van der Waals surface area contributed by atoms with Gasteiger partial charge >= 0.3 is 12.0 Å². The molecule has 2 fully saturated rings. The van der Waals surface area contributed by atoms with Crippen LogP contribution in [0.1, 0.15) is 25.7 Å². The molecule has 0 unspecified atom stereocenters. The number of nitrogens with one attached hydrogen (secondary N) is 2. The van der Waals surface area contributed by atoms with Gasteiger partial charge in [0, 0.05) is 36.4 Å². The third-order valence-electron chi connectivity index (χ3n) is 4.83. The lowest BCUT2D eigenvalue weighted by Gasteiger charge is -2.42. The number of nitro groups is 1. The van der Waals surface area contributed by atoms with E-state index < -0.39 is 10.9 Å². The summed E-state index contributed by atoms with van der Waals surface area (Å²) in [6.45, 7) is 0.863. The summed E-state index contributed by atoms with van der Waals surface area (Å²) >= 11 is 0. The molecule has 9 nitrogen and oxygen atoms in total. The zero-order chi connectivity index (χ0) is 18.7. The van der Waals surface area contributed by atoms with E-state index in [9.17, 15) is 19.7 Å². The predicted molar refractivity (Wildman–Crippen MR) is 94.0 cm³/mol. The first-order valence-electron chi connectivity index (χ1n) is 8.68. The third kappa shape index (κ3) is 4.92. The zero-order valence-electron chi connectivity index (χ0n) is 14.3. The number of aliphatic carboxylic acids is 1. The van der Waals surface area contributed by atoms with Gasteiger partial charge in [-0.2, -0.15) is 0 Å². The Hall–Kier alpha value is -2.68. The summed E-state index contributed by atoms with van der Waals surface area (Å²) in [4.78, 5) is 35.2. The van der Waals surface area contributed by atoms with E-state index in [1.54, 1.807) is 0 Å². The molecule has 2 saturated carbocycles. The highest BCUT2D eigenvalue weighted by molar-refractivity contribution is 5.89. The Morgan fingerprint density at radius 1 is 1.23 bits per heavy atom. The molecule has 9 heteroatoms. The number of anilines is 1. The van der Waals surface area contributed by atoms with E-state index in [0.717, 1.165) is 19.4 Å². The summed E-state index contributed by atoms with van der Waals surface area (Å²) in [5.74, 6) is -0.204. The molecule has 2 amide bonds. The Labute approximate surface area is 150 Å². The highest BCUT2D eigenvalue weighted by Crippen LogP contribution is 2.33. The van der Waals surface area contributed by atoms with Gasteiger partial charge in [-0.3, -0.25) is 19.8 Å². The van der Waals surface area contributed by atoms with Crippen molar-refractivity contribution >= 4 is 23.4 Å². The molecule has 0 radical (unpaired) electrons. The smallest absolute Gasteiger partial charge is 0.319 e. The molecule has 1 aromatic carbocycles.